The highest BCUT2D eigenvalue weighted by molar-refractivity contribution is 5.90. The number of hydrogen-bond acceptors (Lipinski definition) is 6. The van der Waals surface area contributed by atoms with E-state index < -0.39 is 23.7 Å². The maximum absolute atomic E-state index is 14.9. The van der Waals surface area contributed by atoms with Crippen LogP contribution in [0.4, 0.5) is 17.6 Å². The zero-order chi connectivity index (χ0) is 24.6. The summed E-state index contributed by atoms with van der Waals surface area (Å²) in [6.07, 6.45) is -1.82. The van der Waals surface area contributed by atoms with Gasteiger partial charge >= 0.3 is 6.18 Å². The van der Waals surface area contributed by atoms with Crippen molar-refractivity contribution >= 4 is 17.2 Å². The first-order valence-corrected chi connectivity index (χ1v) is 10.7. The van der Waals surface area contributed by atoms with Gasteiger partial charge in [-0.1, -0.05) is 0 Å². The molecule has 0 aliphatic carbocycles. The molecule has 0 radical (unpaired) electrons. The molecule has 1 aromatic carbocycles. The van der Waals surface area contributed by atoms with Gasteiger partial charge in [0.15, 0.2) is 5.65 Å². The van der Waals surface area contributed by atoms with E-state index in [4.69, 9.17) is 15.9 Å². The Kier molecular flexibility index (Phi) is 6.35. The molecule has 3 atom stereocenters. The number of benzene rings is 1. The predicted octanol–water partition coefficient (Wildman–Crippen LogP) is 5.30. The highest BCUT2D eigenvalue weighted by atomic mass is 19.4. The molecular formula is C24H23F4N5O. The third-order valence-electron chi connectivity index (χ3n) is 5.88. The normalized spacial score (nSPS) is 21.6. The number of pyridine rings is 1. The number of ether oxygens (including phenoxy) is 1. The third-order valence-corrected chi connectivity index (χ3v) is 5.88. The first-order chi connectivity index (χ1) is 16.1. The second-order valence-corrected chi connectivity index (χ2v) is 8.36. The number of nitrogens with two attached hydrogens (primary N) is 1. The summed E-state index contributed by atoms with van der Waals surface area (Å²) in [4.78, 5) is 13.7. The molecule has 2 aromatic heterocycles. The van der Waals surface area contributed by atoms with Crippen LogP contribution in [0, 0.1) is 18.2 Å². The van der Waals surface area contributed by atoms with Gasteiger partial charge in [-0.3, -0.25) is 0 Å². The molecule has 1 aliphatic heterocycles. The molecule has 0 bridgehead atoms. The molecule has 178 valence electrons. The van der Waals surface area contributed by atoms with E-state index in [1.807, 2.05) is 6.92 Å². The molecule has 1 saturated heterocycles. The number of alkyl halides is 3. The Morgan fingerprint density at radius 2 is 1.91 bits per heavy atom. The summed E-state index contributed by atoms with van der Waals surface area (Å²) in [6.45, 7) is 3.67. The second-order valence-electron chi connectivity index (χ2n) is 8.36. The van der Waals surface area contributed by atoms with Crippen molar-refractivity contribution in [2.24, 2.45) is 5.73 Å². The number of nitrogens with one attached hydrogen (secondary N) is 1. The lowest BCUT2D eigenvalue weighted by Crippen LogP contribution is -2.33. The molecule has 10 heteroatoms. The molecule has 1 aliphatic rings. The highest BCUT2D eigenvalue weighted by Crippen LogP contribution is 2.38. The Morgan fingerprint density at radius 1 is 1.15 bits per heavy atom. The molecule has 3 N–H and O–H groups in total. The van der Waals surface area contributed by atoms with Gasteiger partial charge in [-0.2, -0.15) is 13.2 Å². The van der Waals surface area contributed by atoms with Crippen LogP contribution in [0.3, 0.4) is 0 Å². The van der Waals surface area contributed by atoms with Crippen molar-refractivity contribution < 1.29 is 22.3 Å². The summed E-state index contributed by atoms with van der Waals surface area (Å²) in [5.41, 5.74) is 6.21. The zero-order valence-electron chi connectivity index (χ0n) is 18.5. The first-order valence-electron chi connectivity index (χ1n) is 10.7. The smallest absolute Gasteiger partial charge is 0.404 e. The number of hydrogen-bond donors (Lipinski definition) is 2. The molecule has 3 aromatic rings. The van der Waals surface area contributed by atoms with Crippen molar-refractivity contribution in [3.63, 3.8) is 0 Å². The first kappa shape index (κ1) is 23.7. The number of aromatic nitrogens is 3. The van der Waals surface area contributed by atoms with E-state index >= 15 is 0 Å². The second kappa shape index (κ2) is 9.09. The minimum absolute atomic E-state index is 0.0639. The maximum atomic E-state index is 14.9. The number of nitrogens with zero attached hydrogens (tertiary/aromatic N) is 3. The summed E-state index contributed by atoms with van der Waals surface area (Å²) in [7, 11) is 0. The molecule has 4 rings (SSSR count). The van der Waals surface area contributed by atoms with Gasteiger partial charge in [-0.25, -0.2) is 19.3 Å². The molecule has 34 heavy (non-hydrogen) atoms. The van der Waals surface area contributed by atoms with Gasteiger partial charge in [-0.15, -0.1) is 0 Å². The fourth-order valence-electron chi connectivity index (χ4n) is 4.21. The van der Waals surface area contributed by atoms with Crippen LogP contribution in [0.15, 0.2) is 42.1 Å². The number of fused-ring (bicyclic) bond motifs is 1. The SMILES string of the molecule is Cc1ccc2c(-c3ccc(C(F)(F)F)cc3F)nc([C@H]3C[C@@H](C)O[C@@H](/C(C=N)=C/N)C3)nc2n1. The minimum Gasteiger partial charge on any atom is -0.404 e. The van der Waals surface area contributed by atoms with Crippen LogP contribution in [-0.4, -0.2) is 33.4 Å². The van der Waals surface area contributed by atoms with E-state index in [-0.39, 0.29) is 23.3 Å². The molecule has 0 unspecified atom stereocenters. The van der Waals surface area contributed by atoms with Crippen LogP contribution in [-0.2, 0) is 10.9 Å². The van der Waals surface area contributed by atoms with Crippen LogP contribution < -0.4 is 5.73 Å². The van der Waals surface area contributed by atoms with Crippen LogP contribution in [0.1, 0.15) is 42.8 Å². The molecule has 0 saturated carbocycles. The van der Waals surface area contributed by atoms with Crippen molar-refractivity contribution in [2.45, 2.75) is 51.0 Å². The van der Waals surface area contributed by atoms with Crippen molar-refractivity contribution in [3.05, 3.63) is 65.0 Å². The van der Waals surface area contributed by atoms with Crippen LogP contribution in [0.2, 0.25) is 0 Å². The van der Waals surface area contributed by atoms with Crippen molar-refractivity contribution in [2.75, 3.05) is 0 Å². The summed E-state index contributed by atoms with van der Waals surface area (Å²) in [5.74, 6) is -0.857. The van der Waals surface area contributed by atoms with E-state index in [0.717, 1.165) is 18.3 Å². The van der Waals surface area contributed by atoms with Crippen LogP contribution in [0.5, 0.6) is 0 Å². The predicted molar refractivity (Wildman–Crippen MR) is 120 cm³/mol. The molecular weight excluding hydrogens is 450 g/mol. The molecule has 3 heterocycles. The number of aryl methyl sites for hydroxylation is 1. The van der Waals surface area contributed by atoms with Gasteiger partial charge < -0.3 is 15.9 Å². The number of halogens is 4. The Labute approximate surface area is 193 Å². The van der Waals surface area contributed by atoms with Gasteiger partial charge in [0.05, 0.1) is 23.5 Å². The fraction of sp³-hybridized carbons (Fsp3) is 0.333. The van der Waals surface area contributed by atoms with Crippen LogP contribution in [0.25, 0.3) is 22.3 Å². The molecule has 1 fully saturated rings. The summed E-state index contributed by atoms with van der Waals surface area (Å²) in [5, 5.41) is 8.02. The van der Waals surface area contributed by atoms with Gasteiger partial charge in [0, 0.05) is 40.5 Å². The van der Waals surface area contributed by atoms with Crippen molar-refractivity contribution in [1.82, 2.24) is 15.0 Å². The fourth-order valence-corrected chi connectivity index (χ4v) is 4.21. The minimum atomic E-state index is -4.66. The van der Waals surface area contributed by atoms with Gasteiger partial charge in [-0.05, 0) is 57.0 Å². The molecule has 0 spiro atoms. The standard InChI is InChI=1S/C24H23F4N5O/c1-12-3-5-18-21(17-6-4-16(9-19(17)25)24(26,27)28)32-22(33-23(18)31-12)14-7-13(2)34-20(8-14)15(10-29)11-30/h3-6,9-11,13-14,20,29H,7-8,30H2,1-2H3/b15-11+,29-10?/t13-,14+,20-/m1/s1. The highest BCUT2D eigenvalue weighted by Gasteiger charge is 2.33. The van der Waals surface area contributed by atoms with Crippen molar-refractivity contribution in [3.8, 4) is 11.3 Å². The van der Waals surface area contributed by atoms with E-state index in [1.165, 1.54) is 6.20 Å². The molecule has 6 nitrogen and oxygen atoms in total. The maximum Gasteiger partial charge on any atom is 0.416 e. The average molecular weight is 473 g/mol. The Balaban J connectivity index is 1.85. The Hall–Kier alpha value is -3.40. The summed E-state index contributed by atoms with van der Waals surface area (Å²) < 4.78 is 60.0. The Morgan fingerprint density at radius 3 is 2.56 bits per heavy atom. The summed E-state index contributed by atoms with van der Waals surface area (Å²) in [6, 6.07) is 5.80. The average Bonchev–Trinajstić information content (AvgIpc) is 2.78. The van der Waals surface area contributed by atoms with Gasteiger partial charge in [0.2, 0.25) is 0 Å². The van der Waals surface area contributed by atoms with Gasteiger partial charge in [0.1, 0.15) is 11.6 Å². The largest absolute Gasteiger partial charge is 0.416 e. The zero-order valence-corrected chi connectivity index (χ0v) is 18.5. The molecule has 0 amide bonds. The quantitative estimate of drug-likeness (QED) is 0.396. The Bertz CT molecular complexity index is 1270. The lowest BCUT2D eigenvalue weighted by molar-refractivity contribution is -0.137. The lowest BCUT2D eigenvalue weighted by atomic mass is 9.88. The van der Waals surface area contributed by atoms with Gasteiger partial charge in [0.25, 0.3) is 0 Å². The summed E-state index contributed by atoms with van der Waals surface area (Å²) >= 11 is 0. The number of rotatable bonds is 4. The topological polar surface area (TPSA) is 97.8 Å². The lowest BCUT2D eigenvalue weighted by Gasteiger charge is -2.33. The van der Waals surface area contributed by atoms with E-state index in [1.54, 1.807) is 19.1 Å². The van der Waals surface area contributed by atoms with Crippen molar-refractivity contribution in [1.29, 1.82) is 5.41 Å². The monoisotopic (exact) mass is 473 g/mol. The van der Waals surface area contributed by atoms with E-state index in [0.29, 0.717) is 47.0 Å². The van der Waals surface area contributed by atoms with Crippen LogP contribution >= 0.6 is 0 Å². The van der Waals surface area contributed by atoms with E-state index in [9.17, 15) is 17.6 Å². The van der Waals surface area contributed by atoms with E-state index in [2.05, 4.69) is 15.0 Å². The third kappa shape index (κ3) is 4.63.